The van der Waals surface area contributed by atoms with Crippen LogP contribution >= 0.6 is 23.1 Å². The largest absolute Gasteiger partial charge is 0.254 e. The van der Waals surface area contributed by atoms with E-state index in [1.54, 1.807) is 29.4 Å². The maximum Gasteiger partial charge on any atom is 0.0724 e. The molecule has 0 unspecified atom stereocenters. The van der Waals surface area contributed by atoms with Crippen LogP contribution < -0.4 is 0 Å². The van der Waals surface area contributed by atoms with Crippen LogP contribution in [0.4, 0.5) is 0 Å². The van der Waals surface area contributed by atoms with Crippen molar-refractivity contribution in [3.8, 4) is 0 Å². The van der Waals surface area contributed by atoms with Gasteiger partial charge >= 0.3 is 0 Å². The number of thiophene rings is 1. The summed E-state index contributed by atoms with van der Waals surface area (Å²) in [5, 5.41) is 0. The summed E-state index contributed by atoms with van der Waals surface area (Å²) in [5.74, 6) is 0. The number of hydrogen-bond acceptors (Lipinski definition) is 3. The van der Waals surface area contributed by atoms with Crippen molar-refractivity contribution in [1.29, 1.82) is 0 Å². The van der Waals surface area contributed by atoms with E-state index in [2.05, 4.69) is 19.1 Å². The third kappa shape index (κ3) is 3.29. The first kappa shape index (κ1) is 11.0. The van der Waals surface area contributed by atoms with Crippen molar-refractivity contribution in [1.82, 2.24) is 0 Å². The minimum Gasteiger partial charge on any atom is -0.254 e. The zero-order valence-electron chi connectivity index (χ0n) is 7.87. The maximum atomic E-state index is 11.2. The molecule has 72 valence electrons. The van der Waals surface area contributed by atoms with Crippen molar-refractivity contribution >= 4 is 40.0 Å². The van der Waals surface area contributed by atoms with Crippen molar-refractivity contribution in [3.05, 3.63) is 26.1 Å². The van der Waals surface area contributed by atoms with Crippen LogP contribution in [0.5, 0.6) is 0 Å². The van der Waals surface area contributed by atoms with Gasteiger partial charge in [0.25, 0.3) is 0 Å². The quantitative estimate of drug-likeness (QED) is 0.796. The van der Waals surface area contributed by atoms with Gasteiger partial charge in [0.15, 0.2) is 0 Å². The lowest BCUT2D eigenvalue weighted by Crippen LogP contribution is -1.85. The Kier molecular flexibility index (Phi) is 4.22. The van der Waals surface area contributed by atoms with Gasteiger partial charge in [-0.25, -0.2) is 0 Å². The minimum atomic E-state index is -0.864. The number of hydrogen-bond donors (Lipinski definition) is 0. The summed E-state index contributed by atoms with van der Waals surface area (Å²) >= 11 is 3.27. The highest BCUT2D eigenvalue weighted by molar-refractivity contribution is 8.16. The highest BCUT2D eigenvalue weighted by atomic mass is 32.2. The molecule has 0 saturated carbocycles. The van der Waals surface area contributed by atoms with Crippen molar-refractivity contribution < 1.29 is 4.21 Å². The molecule has 1 atom stereocenters. The molecule has 0 saturated heterocycles. The molecule has 0 aromatic carbocycles. The molecular formula is C9H12OS3. The standard InChI is InChI=1S/C9H12OS3/c1-7-4-5-8(12-7)6-9(11-2)13(3)10/h4-6H,1-3H3/b9-6-/t13-/m1/s1. The van der Waals surface area contributed by atoms with E-state index in [4.69, 9.17) is 0 Å². The van der Waals surface area contributed by atoms with Crippen LogP contribution in [0, 0.1) is 6.92 Å². The van der Waals surface area contributed by atoms with Crippen LogP contribution in [0.2, 0.25) is 0 Å². The number of rotatable bonds is 3. The third-order valence-electron chi connectivity index (χ3n) is 1.51. The highest BCUT2D eigenvalue weighted by Gasteiger charge is 2.01. The topological polar surface area (TPSA) is 17.1 Å². The molecule has 4 heteroatoms. The molecule has 0 N–H and O–H groups in total. The minimum absolute atomic E-state index is 0.864. The van der Waals surface area contributed by atoms with Crippen LogP contribution in [-0.4, -0.2) is 16.7 Å². The smallest absolute Gasteiger partial charge is 0.0724 e. The molecule has 1 aromatic rings. The Morgan fingerprint density at radius 3 is 2.69 bits per heavy atom. The van der Waals surface area contributed by atoms with E-state index in [9.17, 15) is 4.21 Å². The predicted molar refractivity (Wildman–Crippen MR) is 64.6 cm³/mol. The first-order chi connectivity index (χ1) is 6.13. The van der Waals surface area contributed by atoms with Gasteiger partial charge in [-0.1, -0.05) is 0 Å². The molecule has 0 spiro atoms. The molecule has 0 radical (unpaired) electrons. The number of aryl methyl sites for hydroxylation is 1. The fourth-order valence-corrected chi connectivity index (χ4v) is 3.35. The van der Waals surface area contributed by atoms with Crippen LogP contribution in [0.3, 0.4) is 0 Å². The van der Waals surface area contributed by atoms with Gasteiger partial charge < -0.3 is 0 Å². The lowest BCUT2D eigenvalue weighted by Gasteiger charge is -1.96. The van der Waals surface area contributed by atoms with Gasteiger partial charge in [-0.2, -0.15) is 0 Å². The van der Waals surface area contributed by atoms with Crippen LogP contribution in [-0.2, 0) is 10.8 Å². The molecule has 0 bridgehead atoms. The van der Waals surface area contributed by atoms with Gasteiger partial charge in [0.1, 0.15) is 0 Å². The average Bonchev–Trinajstić information content (AvgIpc) is 2.46. The zero-order chi connectivity index (χ0) is 9.84. The Morgan fingerprint density at radius 1 is 1.62 bits per heavy atom. The monoisotopic (exact) mass is 232 g/mol. The van der Waals surface area contributed by atoms with E-state index >= 15 is 0 Å². The average molecular weight is 232 g/mol. The first-order valence-corrected chi connectivity index (χ1v) is 7.39. The maximum absolute atomic E-state index is 11.2. The van der Waals surface area contributed by atoms with E-state index in [-0.39, 0.29) is 0 Å². The highest BCUT2D eigenvalue weighted by Crippen LogP contribution is 2.23. The Morgan fingerprint density at radius 2 is 2.31 bits per heavy atom. The Hall–Kier alpha value is -0.0600. The Labute approximate surface area is 89.7 Å². The summed E-state index contributed by atoms with van der Waals surface area (Å²) in [5.41, 5.74) is 0. The van der Waals surface area contributed by atoms with E-state index in [1.807, 2.05) is 12.3 Å². The zero-order valence-corrected chi connectivity index (χ0v) is 10.3. The second kappa shape index (κ2) is 4.98. The molecule has 0 aliphatic heterocycles. The summed E-state index contributed by atoms with van der Waals surface area (Å²) in [6.07, 6.45) is 5.66. The van der Waals surface area contributed by atoms with Gasteiger partial charge in [-0.3, -0.25) is 4.21 Å². The second-order valence-electron chi connectivity index (χ2n) is 2.57. The SMILES string of the molecule is CS/C(=C/c1ccc(C)s1)[S@@](C)=O. The molecule has 1 aromatic heterocycles. The lowest BCUT2D eigenvalue weighted by atomic mass is 10.4. The summed E-state index contributed by atoms with van der Waals surface area (Å²) < 4.78 is 12.1. The van der Waals surface area contributed by atoms with Crippen molar-refractivity contribution in [2.24, 2.45) is 0 Å². The molecule has 1 rings (SSSR count). The van der Waals surface area contributed by atoms with E-state index < -0.39 is 10.8 Å². The third-order valence-corrected chi connectivity index (χ3v) is 4.86. The van der Waals surface area contributed by atoms with Gasteiger partial charge in [0, 0.05) is 16.0 Å². The van der Waals surface area contributed by atoms with E-state index in [0.29, 0.717) is 0 Å². The molecule has 1 heterocycles. The predicted octanol–water partition coefficient (Wildman–Crippen LogP) is 3.10. The van der Waals surface area contributed by atoms with Crippen LogP contribution in [0.25, 0.3) is 6.08 Å². The van der Waals surface area contributed by atoms with E-state index in [0.717, 1.165) is 4.24 Å². The van der Waals surface area contributed by atoms with Gasteiger partial charge in [0.2, 0.25) is 0 Å². The molecule has 1 nitrogen and oxygen atoms in total. The molecule has 0 aliphatic carbocycles. The lowest BCUT2D eigenvalue weighted by molar-refractivity contribution is 0.691. The van der Waals surface area contributed by atoms with Crippen molar-refractivity contribution in [3.63, 3.8) is 0 Å². The van der Waals surface area contributed by atoms with Gasteiger partial charge in [0.05, 0.1) is 15.0 Å². The van der Waals surface area contributed by atoms with E-state index in [1.165, 1.54) is 9.75 Å². The molecule has 0 amide bonds. The van der Waals surface area contributed by atoms with Gasteiger partial charge in [-0.15, -0.1) is 23.1 Å². The summed E-state index contributed by atoms with van der Waals surface area (Å²) in [7, 11) is -0.864. The van der Waals surface area contributed by atoms with Gasteiger partial charge in [-0.05, 0) is 31.4 Å². The summed E-state index contributed by atoms with van der Waals surface area (Å²) in [6, 6.07) is 4.14. The van der Waals surface area contributed by atoms with Crippen LogP contribution in [0.15, 0.2) is 16.4 Å². The summed E-state index contributed by atoms with van der Waals surface area (Å²) in [4.78, 5) is 2.46. The fraction of sp³-hybridized carbons (Fsp3) is 0.333. The molecule has 0 aliphatic rings. The Balaban J connectivity index is 2.91. The van der Waals surface area contributed by atoms with Crippen molar-refractivity contribution in [2.75, 3.05) is 12.5 Å². The fourth-order valence-electron chi connectivity index (χ4n) is 0.906. The second-order valence-corrected chi connectivity index (χ2v) is 6.34. The number of thioether (sulfide) groups is 1. The normalized spacial score (nSPS) is 14.5. The van der Waals surface area contributed by atoms with Crippen LogP contribution in [0.1, 0.15) is 9.75 Å². The Bertz CT molecular complexity index is 338. The first-order valence-electron chi connectivity index (χ1n) is 3.79. The summed E-state index contributed by atoms with van der Waals surface area (Å²) in [6.45, 7) is 2.07. The molecular weight excluding hydrogens is 220 g/mol. The molecule has 13 heavy (non-hydrogen) atoms. The van der Waals surface area contributed by atoms with Crippen molar-refractivity contribution in [2.45, 2.75) is 6.92 Å². The molecule has 0 fully saturated rings.